The van der Waals surface area contributed by atoms with Crippen molar-refractivity contribution >= 4 is 39.1 Å². The largest absolute Gasteiger partial charge is 0.490 e. The lowest BCUT2D eigenvalue weighted by atomic mass is 9.91. The number of halogens is 3. The Balaban J connectivity index is 1.24. The summed E-state index contributed by atoms with van der Waals surface area (Å²) in [5.74, 6) is -1.22. The third-order valence-electron chi connectivity index (χ3n) is 7.58. The Kier molecular flexibility index (Phi) is 7.95. The molecule has 5 rings (SSSR count). The summed E-state index contributed by atoms with van der Waals surface area (Å²) in [5, 5.41) is 0.645. The Morgan fingerprint density at radius 2 is 1.74 bits per heavy atom. The number of hydrogen-bond acceptors (Lipinski definition) is 6. The summed E-state index contributed by atoms with van der Waals surface area (Å²) in [5.41, 5.74) is 0.956. The molecule has 11 heteroatoms. The van der Waals surface area contributed by atoms with Crippen molar-refractivity contribution < 1.29 is 27.1 Å². The van der Waals surface area contributed by atoms with Crippen LogP contribution in [0.4, 0.5) is 4.39 Å². The molecule has 206 valence electrons. The van der Waals surface area contributed by atoms with Crippen LogP contribution in [0.3, 0.4) is 0 Å². The fourth-order valence-corrected chi connectivity index (χ4v) is 6.79. The molecule has 3 aliphatic rings. The van der Waals surface area contributed by atoms with Crippen LogP contribution in [0.2, 0.25) is 10.0 Å². The first-order valence-electron chi connectivity index (χ1n) is 12.8. The summed E-state index contributed by atoms with van der Waals surface area (Å²) >= 11 is 12.3. The monoisotopic (exact) mass is 584 g/mol. The minimum absolute atomic E-state index is 0.155. The van der Waals surface area contributed by atoms with Crippen LogP contribution in [0.25, 0.3) is 0 Å². The van der Waals surface area contributed by atoms with Crippen LogP contribution < -0.4 is 9.46 Å². The maximum absolute atomic E-state index is 15.0. The van der Waals surface area contributed by atoms with Gasteiger partial charge in [0.2, 0.25) is 10.0 Å². The van der Waals surface area contributed by atoms with Gasteiger partial charge in [0.15, 0.2) is 0 Å². The van der Waals surface area contributed by atoms with Gasteiger partial charge in [-0.25, -0.2) is 17.5 Å². The van der Waals surface area contributed by atoms with Gasteiger partial charge in [-0.3, -0.25) is 9.69 Å². The summed E-state index contributed by atoms with van der Waals surface area (Å²) in [6, 6.07) is 8.18. The van der Waals surface area contributed by atoms with Crippen LogP contribution >= 0.6 is 23.2 Å². The molecule has 0 unspecified atom stereocenters. The highest BCUT2D eigenvalue weighted by atomic mass is 35.5. The fourth-order valence-electron chi connectivity index (χ4n) is 4.93. The quantitative estimate of drug-likeness (QED) is 0.408. The Morgan fingerprint density at radius 3 is 2.32 bits per heavy atom. The van der Waals surface area contributed by atoms with E-state index >= 15 is 4.39 Å². The molecule has 1 amide bonds. The number of nitrogens with zero attached hydrogens (tertiary/aromatic N) is 1. The normalized spacial score (nSPS) is 19.8. The lowest BCUT2D eigenvalue weighted by molar-refractivity contribution is -0.0841. The van der Waals surface area contributed by atoms with Crippen LogP contribution in [0.5, 0.6) is 5.75 Å². The zero-order valence-corrected chi connectivity index (χ0v) is 23.5. The van der Waals surface area contributed by atoms with Crippen LogP contribution in [-0.4, -0.2) is 56.9 Å². The maximum atomic E-state index is 15.0. The highest BCUT2D eigenvalue weighted by Gasteiger charge is 2.39. The summed E-state index contributed by atoms with van der Waals surface area (Å²) < 4.78 is 53.5. The smallest absolute Gasteiger partial charge is 0.267 e. The number of carbonyl (C=O) groups is 1. The highest BCUT2D eigenvalue weighted by molar-refractivity contribution is 7.91. The molecule has 1 aliphatic heterocycles. The number of hydrogen-bond donors (Lipinski definition) is 1. The topological polar surface area (TPSA) is 84.9 Å². The molecule has 3 fully saturated rings. The van der Waals surface area contributed by atoms with E-state index in [1.807, 2.05) is 16.9 Å². The van der Waals surface area contributed by atoms with Crippen molar-refractivity contribution in [2.45, 2.75) is 61.8 Å². The first kappa shape index (κ1) is 27.6. The fraction of sp³-hybridized carbons (Fsp3) is 0.519. The van der Waals surface area contributed by atoms with E-state index in [1.165, 1.54) is 12.1 Å². The van der Waals surface area contributed by atoms with E-state index in [0.717, 1.165) is 56.4 Å². The molecular formula is C27H31Cl2FN2O5S. The molecule has 0 aromatic heterocycles. The average molecular weight is 586 g/mol. The summed E-state index contributed by atoms with van der Waals surface area (Å²) in [6.45, 7) is 2.51. The third kappa shape index (κ3) is 6.45. The van der Waals surface area contributed by atoms with Crippen LogP contribution in [0, 0.1) is 5.82 Å². The number of piperidine rings is 1. The molecule has 1 N–H and O–H groups in total. The van der Waals surface area contributed by atoms with E-state index in [0.29, 0.717) is 28.6 Å². The number of ether oxygens (including phenoxy) is 2. The van der Waals surface area contributed by atoms with Gasteiger partial charge in [-0.05, 0) is 79.8 Å². The molecule has 1 saturated heterocycles. The number of benzene rings is 2. The van der Waals surface area contributed by atoms with Gasteiger partial charge >= 0.3 is 0 Å². The van der Waals surface area contributed by atoms with Gasteiger partial charge in [-0.2, -0.15) is 0 Å². The zero-order chi connectivity index (χ0) is 27.1. The van der Waals surface area contributed by atoms with E-state index in [-0.39, 0.29) is 18.1 Å². The minimum atomic E-state index is -3.78. The Morgan fingerprint density at radius 1 is 1.08 bits per heavy atom. The summed E-state index contributed by atoms with van der Waals surface area (Å²) in [6.07, 6.45) is 4.28. The number of sulfonamides is 1. The second kappa shape index (κ2) is 10.9. The van der Waals surface area contributed by atoms with E-state index in [1.54, 1.807) is 13.2 Å². The number of rotatable bonds is 10. The van der Waals surface area contributed by atoms with Gasteiger partial charge in [0.1, 0.15) is 23.8 Å². The Bertz CT molecular complexity index is 1300. The van der Waals surface area contributed by atoms with Crippen LogP contribution in [0.15, 0.2) is 30.3 Å². The van der Waals surface area contributed by atoms with E-state index in [2.05, 4.69) is 4.90 Å². The molecule has 0 spiro atoms. The molecular weight excluding hydrogens is 554 g/mol. The highest BCUT2D eigenvalue weighted by Crippen LogP contribution is 2.45. The molecule has 0 radical (unpaired) electrons. The standard InChI is InChI=1S/C27H31Cl2FN2O5S/c1-36-27(6-8-32(9-7-27)15-17-10-19(28)12-20(29)11-17)16-37-25-14-24(30)23(13-22(25)18-2-3-18)26(33)31-38(34,35)21-4-5-21/h10-14,18,21H,2-9,15-16H2,1H3,(H,31,33). The van der Waals surface area contributed by atoms with Gasteiger partial charge in [0, 0.05) is 42.9 Å². The maximum Gasteiger partial charge on any atom is 0.267 e. The number of likely N-dealkylation sites (tertiary alicyclic amines) is 1. The average Bonchev–Trinajstić information content (AvgIpc) is 3.75. The van der Waals surface area contributed by atoms with Crippen LogP contribution in [-0.2, 0) is 21.3 Å². The molecule has 7 nitrogen and oxygen atoms in total. The van der Waals surface area contributed by atoms with Gasteiger partial charge in [0.05, 0.1) is 10.8 Å². The van der Waals surface area contributed by atoms with Crippen molar-refractivity contribution in [3.63, 3.8) is 0 Å². The van der Waals surface area contributed by atoms with Gasteiger partial charge in [0.25, 0.3) is 5.91 Å². The number of amides is 1. The summed E-state index contributed by atoms with van der Waals surface area (Å²) in [7, 11) is -2.12. The molecule has 2 aromatic rings. The van der Waals surface area contributed by atoms with Crippen molar-refractivity contribution in [3.8, 4) is 5.75 Å². The third-order valence-corrected chi connectivity index (χ3v) is 9.83. The molecule has 1 heterocycles. The minimum Gasteiger partial charge on any atom is -0.490 e. The van der Waals surface area contributed by atoms with Gasteiger partial charge < -0.3 is 9.47 Å². The van der Waals surface area contributed by atoms with Gasteiger partial charge in [-0.1, -0.05) is 23.2 Å². The van der Waals surface area contributed by atoms with Crippen molar-refractivity contribution in [1.82, 2.24) is 9.62 Å². The van der Waals surface area contributed by atoms with E-state index in [4.69, 9.17) is 32.7 Å². The predicted octanol–water partition coefficient (Wildman–Crippen LogP) is 5.29. The molecule has 38 heavy (non-hydrogen) atoms. The number of carbonyl (C=O) groups excluding carboxylic acids is 1. The molecule has 2 saturated carbocycles. The molecule has 2 aliphatic carbocycles. The zero-order valence-electron chi connectivity index (χ0n) is 21.1. The van der Waals surface area contributed by atoms with Crippen molar-refractivity contribution in [3.05, 3.63) is 62.9 Å². The predicted molar refractivity (Wildman–Crippen MR) is 144 cm³/mol. The van der Waals surface area contributed by atoms with Crippen molar-refractivity contribution in [2.75, 3.05) is 26.8 Å². The second-order valence-corrected chi connectivity index (χ2v) is 13.4. The number of methoxy groups -OCH3 is 1. The molecule has 2 aromatic carbocycles. The number of nitrogens with one attached hydrogen (secondary N) is 1. The van der Waals surface area contributed by atoms with Crippen LogP contribution in [0.1, 0.15) is 65.9 Å². The van der Waals surface area contributed by atoms with E-state index < -0.39 is 32.6 Å². The van der Waals surface area contributed by atoms with Crippen molar-refractivity contribution in [2.24, 2.45) is 0 Å². The van der Waals surface area contributed by atoms with Gasteiger partial charge in [-0.15, -0.1) is 0 Å². The second-order valence-electron chi connectivity index (χ2n) is 10.5. The van der Waals surface area contributed by atoms with E-state index in [9.17, 15) is 13.2 Å². The lowest BCUT2D eigenvalue weighted by Gasteiger charge is -2.40. The lowest BCUT2D eigenvalue weighted by Crippen LogP contribution is -2.48. The molecule has 0 atom stereocenters. The Labute approximate surface area is 232 Å². The first-order chi connectivity index (χ1) is 18.1. The molecule has 0 bridgehead atoms. The van der Waals surface area contributed by atoms with Crippen molar-refractivity contribution in [1.29, 1.82) is 0 Å². The Hall–Kier alpha value is -1.91. The SMILES string of the molecule is COC1(COc2cc(F)c(C(=O)NS(=O)(=O)C3CC3)cc2C2CC2)CCN(Cc2cc(Cl)cc(Cl)c2)CC1. The summed E-state index contributed by atoms with van der Waals surface area (Å²) in [4.78, 5) is 14.9. The first-order valence-corrected chi connectivity index (χ1v) is 15.1.